The van der Waals surface area contributed by atoms with Crippen molar-refractivity contribution in [2.75, 3.05) is 0 Å². The smallest absolute Gasteiger partial charge is 0.293 e. The van der Waals surface area contributed by atoms with Crippen LogP contribution in [0.25, 0.3) is 0 Å². The molecule has 0 saturated heterocycles. The molecule has 3 heteroatoms. The molecule has 0 heterocycles. The van der Waals surface area contributed by atoms with Crippen molar-refractivity contribution in [1.82, 2.24) is 0 Å². The van der Waals surface area contributed by atoms with Crippen LogP contribution in [0.1, 0.15) is 33.6 Å². The van der Waals surface area contributed by atoms with Gasteiger partial charge in [0.05, 0.1) is 5.60 Å². The predicted octanol–water partition coefficient (Wildman–Crippen LogP) is 1.34. The van der Waals surface area contributed by atoms with Gasteiger partial charge in [-0.2, -0.15) is 0 Å². The SMILES string of the molecule is CC1(O)CC2C(CC1OC=O)C2(C)C. The first-order valence-electron chi connectivity index (χ1n) is 5.21. The van der Waals surface area contributed by atoms with Gasteiger partial charge in [0.1, 0.15) is 6.10 Å². The number of ether oxygens (including phenoxy) is 1. The lowest BCUT2D eigenvalue weighted by atomic mass is 9.84. The van der Waals surface area contributed by atoms with Gasteiger partial charge in [0.15, 0.2) is 0 Å². The molecule has 0 aromatic carbocycles. The fourth-order valence-electron chi connectivity index (χ4n) is 3.06. The maximum Gasteiger partial charge on any atom is 0.293 e. The Morgan fingerprint density at radius 2 is 2.00 bits per heavy atom. The normalized spacial score (nSPS) is 49.3. The topological polar surface area (TPSA) is 46.5 Å². The Hall–Kier alpha value is -0.570. The summed E-state index contributed by atoms with van der Waals surface area (Å²) in [6, 6.07) is 0. The Bertz CT molecular complexity index is 257. The fourth-order valence-corrected chi connectivity index (χ4v) is 3.06. The van der Waals surface area contributed by atoms with Gasteiger partial charge in [0.25, 0.3) is 6.47 Å². The zero-order chi connectivity index (χ0) is 10.6. The van der Waals surface area contributed by atoms with Gasteiger partial charge in [-0.3, -0.25) is 4.79 Å². The summed E-state index contributed by atoms with van der Waals surface area (Å²) in [6.07, 6.45) is 1.25. The lowest BCUT2D eigenvalue weighted by molar-refractivity contribution is -0.154. The molecule has 2 rings (SSSR count). The predicted molar refractivity (Wildman–Crippen MR) is 51.6 cm³/mol. The molecule has 2 saturated carbocycles. The largest absolute Gasteiger partial charge is 0.462 e. The number of carbonyl (C=O) groups excluding carboxylic acids is 1. The number of aliphatic hydroxyl groups is 1. The van der Waals surface area contributed by atoms with Crippen molar-refractivity contribution in [3.05, 3.63) is 0 Å². The van der Waals surface area contributed by atoms with E-state index in [2.05, 4.69) is 13.8 Å². The summed E-state index contributed by atoms with van der Waals surface area (Å²) < 4.78 is 4.96. The highest BCUT2D eigenvalue weighted by molar-refractivity contribution is 5.38. The third-order valence-electron chi connectivity index (χ3n) is 4.30. The molecule has 2 aliphatic rings. The summed E-state index contributed by atoms with van der Waals surface area (Å²) in [5, 5.41) is 10.1. The first-order chi connectivity index (χ1) is 6.39. The van der Waals surface area contributed by atoms with E-state index in [1.165, 1.54) is 0 Å². The van der Waals surface area contributed by atoms with Gasteiger partial charge in [-0.15, -0.1) is 0 Å². The second-order valence-corrected chi connectivity index (χ2v) is 5.55. The zero-order valence-electron chi connectivity index (χ0n) is 8.99. The van der Waals surface area contributed by atoms with E-state index >= 15 is 0 Å². The van der Waals surface area contributed by atoms with E-state index in [0.717, 1.165) is 12.8 Å². The summed E-state index contributed by atoms with van der Waals surface area (Å²) in [6.45, 7) is 6.67. The van der Waals surface area contributed by atoms with E-state index in [9.17, 15) is 9.90 Å². The standard InChI is InChI=1S/C11H18O3/c1-10(2)7-4-9(14-6-12)11(3,13)5-8(7)10/h6-9,13H,4-5H2,1-3H3. The van der Waals surface area contributed by atoms with Crippen molar-refractivity contribution in [2.45, 2.75) is 45.3 Å². The summed E-state index contributed by atoms with van der Waals surface area (Å²) in [5.41, 5.74) is -0.513. The van der Waals surface area contributed by atoms with Crippen LogP contribution >= 0.6 is 0 Å². The summed E-state index contributed by atoms with van der Waals surface area (Å²) in [7, 11) is 0. The molecular weight excluding hydrogens is 180 g/mol. The number of fused-ring (bicyclic) bond motifs is 1. The Balaban J connectivity index is 2.11. The Labute approximate surface area is 84.4 Å². The zero-order valence-corrected chi connectivity index (χ0v) is 8.99. The first kappa shape index (κ1) is 9.97. The van der Waals surface area contributed by atoms with E-state index in [1.54, 1.807) is 6.92 Å². The number of carbonyl (C=O) groups is 1. The molecule has 0 aliphatic heterocycles. The molecule has 2 aliphatic carbocycles. The maximum absolute atomic E-state index is 10.3. The minimum atomic E-state index is -0.837. The van der Waals surface area contributed by atoms with Crippen LogP contribution in [-0.2, 0) is 9.53 Å². The lowest BCUT2D eigenvalue weighted by Crippen LogP contribution is -2.44. The summed E-state index contributed by atoms with van der Waals surface area (Å²) >= 11 is 0. The Kier molecular flexibility index (Phi) is 1.94. The van der Waals surface area contributed by atoms with Crippen LogP contribution in [0.5, 0.6) is 0 Å². The van der Waals surface area contributed by atoms with E-state index < -0.39 is 5.60 Å². The van der Waals surface area contributed by atoms with E-state index in [0.29, 0.717) is 23.7 Å². The number of hydrogen-bond acceptors (Lipinski definition) is 3. The van der Waals surface area contributed by atoms with Crippen LogP contribution in [0, 0.1) is 17.3 Å². The third-order valence-corrected chi connectivity index (χ3v) is 4.30. The summed E-state index contributed by atoms with van der Waals surface area (Å²) in [4.78, 5) is 10.3. The highest BCUT2D eigenvalue weighted by Gasteiger charge is 2.64. The number of hydrogen-bond donors (Lipinski definition) is 1. The van der Waals surface area contributed by atoms with Crippen LogP contribution in [-0.4, -0.2) is 23.3 Å². The van der Waals surface area contributed by atoms with Gasteiger partial charge in [0.2, 0.25) is 0 Å². The highest BCUT2D eigenvalue weighted by Crippen LogP contribution is 2.66. The van der Waals surface area contributed by atoms with Crippen LogP contribution in [0.4, 0.5) is 0 Å². The minimum absolute atomic E-state index is 0.317. The van der Waals surface area contributed by atoms with E-state index in [4.69, 9.17) is 4.74 Å². The minimum Gasteiger partial charge on any atom is -0.462 e. The molecule has 0 spiro atoms. The molecule has 3 nitrogen and oxygen atoms in total. The highest BCUT2D eigenvalue weighted by atomic mass is 16.5. The summed E-state index contributed by atoms with van der Waals surface area (Å²) in [5.74, 6) is 1.22. The van der Waals surface area contributed by atoms with Gasteiger partial charge in [-0.25, -0.2) is 0 Å². The second kappa shape index (κ2) is 2.72. The molecule has 14 heavy (non-hydrogen) atoms. The molecule has 0 aromatic rings. The molecule has 0 aromatic heterocycles. The quantitative estimate of drug-likeness (QED) is 0.681. The molecule has 4 atom stereocenters. The Morgan fingerprint density at radius 3 is 2.57 bits per heavy atom. The molecule has 0 bridgehead atoms. The van der Waals surface area contributed by atoms with Crippen LogP contribution in [0.15, 0.2) is 0 Å². The average Bonchev–Trinajstić information content (AvgIpc) is 2.54. The monoisotopic (exact) mass is 198 g/mol. The van der Waals surface area contributed by atoms with Crippen molar-refractivity contribution >= 4 is 6.47 Å². The van der Waals surface area contributed by atoms with Crippen molar-refractivity contribution in [1.29, 1.82) is 0 Å². The maximum atomic E-state index is 10.3. The molecular formula is C11H18O3. The molecule has 0 radical (unpaired) electrons. The first-order valence-corrected chi connectivity index (χ1v) is 5.21. The van der Waals surface area contributed by atoms with Crippen LogP contribution in [0.3, 0.4) is 0 Å². The fraction of sp³-hybridized carbons (Fsp3) is 0.909. The van der Waals surface area contributed by atoms with Crippen molar-refractivity contribution in [3.63, 3.8) is 0 Å². The lowest BCUT2D eigenvalue weighted by Gasteiger charge is -2.34. The van der Waals surface area contributed by atoms with Gasteiger partial charge in [-0.1, -0.05) is 13.8 Å². The van der Waals surface area contributed by atoms with Gasteiger partial charge in [-0.05, 0) is 37.0 Å². The van der Waals surface area contributed by atoms with E-state index in [1.807, 2.05) is 0 Å². The van der Waals surface area contributed by atoms with Crippen molar-refractivity contribution in [3.8, 4) is 0 Å². The average molecular weight is 198 g/mol. The van der Waals surface area contributed by atoms with Gasteiger partial charge in [0, 0.05) is 0 Å². The second-order valence-electron chi connectivity index (χ2n) is 5.55. The van der Waals surface area contributed by atoms with Crippen molar-refractivity contribution in [2.24, 2.45) is 17.3 Å². The molecule has 80 valence electrons. The Morgan fingerprint density at radius 1 is 1.36 bits per heavy atom. The van der Waals surface area contributed by atoms with Crippen molar-refractivity contribution < 1.29 is 14.6 Å². The molecule has 2 fully saturated rings. The molecule has 1 N–H and O–H groups in total. The van der Waals surface area contributed by atoms with Crippen LogP contribution < -0.4 is 0 Å². The van der Waals surface area contributed by atoms with Crippen LogP contribution in [0.2, 0.25) is 0 Å². The van der Waals surface area contributed by atoms with E-state index in [-0.39, 0.29) is 6.10 Å². The molecule has 0 amide bonds. The molecule has 4 unspecified atom stereocenters. The third kappa shape index (κ3) is 1.26. The van der Waals surface area contributed by atoms with Gasteiger partial charge < -0.3 is 9.84 Å². The van der Waals surface area contributed by atoms with Gasteiger partial charge >= 0.3 is 0 Å². The number of rotatable bonds is 2.